The van der Waals surface area contributed by atoms with Crippen molar-refractivity contribution in [3.63, 3.8) is 0 Å². The molecule has 0 unspecified atom stereocenters. The van der Waals surface area contributed by atoms with E-state index in [4.69, 9.17) is 4.42 Å². The van der Waals surface area contributed by atoms with Crippen LogP contribution in [0.1, 0.15) is 24.5 Å². The SMILES string of the molecule is CNc1nc(-c2ccoc2)nc(C2CC2)c1Br. The van der Waals surface area contributed by atoms with Gasteiger partial charge in [0.25, 0.3) is 0 Å². The molecule has 0 bridgehead atoms. The van der Waals surface area contributed by atoms with Crippen molar-refractivity contribution in [3.8, 4) is 11.4 Å². The van der Waals surface area contributed by atoms with Crippen LogP contribution in [0, 0.1) is 0 Å². The molecule has 2 heterocycles. The minimum atomic E-state index is 0.574. The number of aromatic nitrogens is 2. The van der Waals surface area contributed by atoms with E-state index in [1.165, 1.54) is 12.8 Å². The molecule has 0 amide bonds. The van der Waals surface area contributed by atoms with Crippen molar-refractivity contribution in [1.29, 1.82) is 0 Å². The molecule has 3 rings (SSSR count). The maximum Gasteiger partial charge on any atom is 0.165 e. The first-order valence-electron chi connectivity index (χ1n) is 5.57. The van der Waals surface area contributed by atoms with Gasteiger partial charge in [-0.3, -0.25) is 0 Å². The molecule has 4 nitrogen and oxygen atoms in total. The lowest BCUT2D eigenvalue weighted by Crippen LogP contribution is -2.02. The Morgan fingerprint density at radius 1 is 1.41 bits per heavy atom. The summed E-state index contributed by atoms with van der Waals surface area (Å²) in [7, 11) is 1.86. The summed E-state index contributed by atoms with van der Waals surface area (Å²) in [6.45, 7) is 0. The molecule has 0 spiro atoms. The van der Waals surface area contributed by atoms with E-state index in [-0.39, 0.29) is 0 Å². The van der Waals surface area contributed by atoms with Crippen molar-refractivity contribution in [1.82, 2.24) is 9.97 Å². The van der Waals surface area contributed by atoms with Gasteiger partial charge in [0, 0.05) is 13.0 Å². The summed E-state index contributed by atoms with van der Waals surface area (Å²) in [5.74, 6) is 2.12. The lowest BCUT2D eigenvalue weighted by molar-refractivity contribution is 0.568. The molecule has 2 aromatic rings. The van der Waals surface area contributed by atoms with Crippen molar-refractivity contribution >= 4 is 21.7 Å². The fourth-order valence-corrected chi connectivity index (χ4v) is 2.48. The second-order valence-electron chi connectivity index (χ2n) is 4.13. The molecule has 1 fully saturated rings. The van der Waals surface area contributed by atoms with Crippen molar-refractivity contribution in [2.45, 2.75) is 18.8 Å². The molecule has 1 N–H and O–H groups in total. The topological polar surface area (TPSA) is 51.0 Å². The Morgan fingerprint density at radius 3 is 2.82 bits per heavy atom. The highest BCUT2D eigenvalue weighted by molar-refractivity contribution is 9.10. The van der Waals surface area contributed by atoms with E-state index >= 15 is 0 Å². The second kappa shape index (κ2) is 4.14. The summed E-state index contributed by atoms with van der Waals surface area (Å²) in [4.78, 5) is 9.10. The summed E-state index contributed by atoms with van der Waals surface area (Å²) in [5, 5.41) is 3.09. The standard InChI is InChI=1S/C12H12BrN3O/c1-14-12-9(13)10(7-2-3-7)15-11(16-12)8-4-5-17-6-8/h4-7H,2-3H2,1H3,(H,14,15,16). The van der Waals surface area contributed by atoms with E-state index < -0.39 is 0 Å². The van der Waals surface area contributed by atoms with Crippen LogP contribution >= 0.6 is 15.9 Å². The zero-order valence-electron chi connectivity index (χ0n) is 9.40. The monoisotopic (exact) mass is 293 g/mol. The Bertz CT molecular complexity index is 535. The van der Waals surface area contributed by atoms with Gasteiger partial charge in [-0.15, -0.1) is 0 Å². The van der Waals surface area contributed by atoms with Crippen LogP contribution in [-0.4, -0.2) is 17.0 Å². The van der Waals surface area contributed by atoms with Gasteiger partial charge < -0.3 is 9.73 Å². The first-order valence-corrected chi connectivity index (χ1v) is 6.36. The minimum absolute atomic E-state index is 0.574. The van der Waals surface area contributed by atoms with E-state index in [0.717, 1.165) is 21.5 Å². The van der Waals surface area contributed by atoms with Crippen LogP contribution in [-0.2, 0) is 0 Å². The normalized spacial score (nSPS) is 14.9. The van der Waals surface area contributed by atoms with Gasteiger partial charge in [0.15, 0.2) is 5.82 Å². The van der Waals surface area contributed by atoms with Crippen molar-refractivity contribution in [2.75, 3.05) is 12.4 Å². The molecule has 0 radical (unpaired) electrons. The number of nitrogens with zero attached hydrogens (tertiary/aromatic N) is 2. The zero-order chi connectivity index (χ0) is 11.8. The minimum Gasteiger partial charge on any atom is -0.472 e. The molecule has 2 aromatic heterocycles. The highest BCUT2D eigenvalue weighted by Gasteiger charge is 2.29. The summed E-state index contributed by atoms with van der Waals surface area (Å²) in [5.41, 5.74) is 2.01. The molecule has 1 aliphatic rings. The van der Waals surface area contributed by atoms with Gasteiger partial charge >= 0.3 is 0 Å². The van der Waals surface area contributed by atoms with Crippen molar-refractivity contribution in [3.05, 3.63) is 28.8 Å². The van der Waals surface area contributed by atoms with Gasteiger partial charge in [0.05, 0.1) is 22.0 Å². The second-order valence-corrected chi connectivity index (χ2v) is 4.92. The Hall–Kier alpha value is -1.36. The van der Waals surface area contributed by atoms with E-state index in [1.807, 2.05) is 13.1 Å². The fraction of sp³-hybridized carbons (Fsp3) is 0.333. The summed E-state index contributed by atoms with van der Waals surface area (Å²) >= 11 is 3.57. The van der Waals surface area contributed by atoms with E-state index in [9.17, 15) is 0 Å². The number of hydrogen-bond donors (Lipinski definition) is 1. The zero-order valence-corrected chi connectivity index (χ0v) is 11.0. The molecule has 1 aliphatic carbocycles. The van der Waals surface area contributed by atoms with Gasteiger partial charge in [-0.1, -0.05) is 0 Å². The maximum atomic E-state index is 5.08. The number of furan rings is 1. The quantitative estimate of drug-likeness (QED) is 0.942. The van der Waals surface area contributed by atoms with E-state index in [0.29, 0.717) is 11.7 Å². The Labute approximate surface area is 108 Å². The van der Waals surface area contributed by atoms with Crippen LogP contribution in [0.5, 0.6) is 0 Å². The molecule has 0 atom stereocenters. The molecule has 0 aromatic carbocycles. The molecular weight excluding hydrogens is 282 g/mol. The molecule has 17 heavy (non-hydrogen) atoms. The van der Waals surface area contributed by atoms with Crippen LogP contribution in [0.3, 0.4) is 0 Å². The smallest absolute Gasteiger partial charge is 0.165 e. The lowest BCUT2D eigenvalue weighted by atomic mass is 10.2. The third-order valence-corrected chi connectivity index (χ3v) is 3.64. The van der Waals surface area contributed by atoms with Crippen LogP contribution < -0.4 is 5.32 Å². The van der Waals surface area contributed by atoms with Gasteiger partial charge in [0.1, 0.15) is 12.1 Å². The highest BCUT2D eigenvalue weighted by Crippen LogP contribution is 2.44. The van der Waals surface area contributed by atoms with Crippen LogP contribution in [0.2, 0.25) is 0 Å². The summed E-state index contributed by atoms with van der Waals surface area (Å²) in [6.07, 6.45) is 5.73. The predicted molar refractivity (Wildman–Crippen MR) is 69.0 cm³/mol. The first-order chi connectivity index (χ1) is 8.29. The molecule has 88 valence electrons. The number of nitrogens with one attached hydrogen (secondary N) is 1. The Balaban J connectivity index is 2.13. The average Bonchev–Trinajstić information content (AvgIpc) is 3.04. The molecule has 5 heteroatoms. The lowest BCUT2D eigenvalue weighted by Gasteiger charge is -2.09. The van der Waals surface area contributed by atoms with Gasteiger partial charge in [-0.05, 0) is 34.8 Å². The van der Waals surface area contributed by atoms with E-state index in [2.05, 4.69) is 31.2 Å². The third kappa shape index (κ3) is 1.95. The van der Waals surface area contributed by atoms with Crippen LogP contribution in [0.25, 0.3) is 11.4 Å². The number of halogens is 1. The highest BCUT2D eigenvalue weighted by atomic mass is 79.9. The number of rotatable bonds is 3. The van der Waals surface area contributed by atoms with Gasteiger partial charge in [-0.25, -0.2) is 9.97 Å². The Morgan fingerprint density at radius 2 is 2.24 bits per heavy atom. The van der Waals surface area contributed by atoms with Crippen molar-refractivity contribution < 1.29 is 4.42 Å². The summed E-state index contributed by atoms with van der Waals surface area (Å²) < 4.78 is 6.06. The maximum absolute atomic E-state index is 5.08. The largest absolute Gasteiger partial charge is 0.472 e. The molecule has 0 aliphatic heterocycles. The van der Waals surface area contributed by atoms with E-state index in [1.54, 1.807) is 12.5 Å². The van der Waals surface area contributed by atoms with Crippen LogP contribution in [0.4, 0.5) is 5.82 Å². The molecule has 1 saturated carbocycles. The predicted octanol–water partition coefficient (Wildman–Crippen LogP) is 3.42. The van der Waals surface area contributed by atoms with Crippen molar-refractivity contribution in [2.24, 2.45) is 0 Å². The Kier molecular flexibility index (Phi) is 2.63. The van der Waals surface area contributed by atoms with Gasteiger partial charge in [-0.2, -0.15) is 0 Å². The fourth-order valence-electron chi connectivity index (χ4n) is 1.78. The first kappa shape index (κ1) is 10.8. The molecular formula is C12H12BrN3O. The number of anilines is 1. The summed E-state index contributed by atoms with van der Waals surface area (Å²) in [6, 6.07) is 1.87. The average molecular weight is 294 g/mol. The third-order valence-electron chi connectivity index (χ3n) is 2.86. The number of hydrogen-bond acceptors (Lipinski definition) is 4. The van der Waals surface area contributed by atoms with Crippen LogP contribution in [0.15, 0.2) is 27.5 Å². The van der Waals surface area contributed by atoms with Gasteiger partial charge in [0.2, 0.25) is 0 Å². The molecule has 0 saturated heterocycles.